The fourth-order valence-corrected chi connectivity index (χ4v) is 4.49. The summed E-state index contributed by atoms with van der Waals surface area (Å²) < 4.78 is 7.66. The molecule has 1 aromatic heterocycles. The van der Waals surface area contributed by atoms with Crippen LogP contribution in [0.1, 0.15) is 22.3 Å². The maximum atomic E-state index is 12.7. The lowest BCUT2D eigenvalue weighted by Crippen LogP contribution is -2.03. The Morgan fingerprint density at radius 3 is 2.58 bits per heavy atom. The summed E-state index contributed by atoms with van der Waals surface area (Å²) in [4.78, 5) is 12.7. The molecule has 0 spiro atoms. The van der Waals surface area contributed by atoms with Gasteiger partial charge in [0.2, 0.25) is 0 Å². The van der Waals surface area contributed by atoms with E-state index in [0.717, 1.165) is 44.6 Å². The third-order valence-corrected chi connectivity index (χ3v) is 6.14. The van der Waals surface area contributed by atoms with Crippen LogP contribution in [0.25, 0.3) is 22.6 Å². The molecule has 4 aromatic rings. The zero-order valence-electron chi connectivity index (χ0n) is 17.3. The van der Waals surface area contributed by atoms with Crippen molar-refractivity contribution in [3.05, 3.63) is 94.1 Å². The van der Waals surface area contributed by atoms with Gasteiger partial charge in [0, 0.05) is 34.3 Å². The zero-order valence-corrected chi connectivity index (χ0v) is 18.0. The molecule has 0 radical (unpaired) electrons. The Hall–Kier alpha value is -3.50. The Morgan fingerprint density at radius 2 is 1.81 bits per heavy atom. The van der Waals surface area contributed by atoms with Crippen LogP contribution in [0.15, 0.2) is 66.7 Å². The Labute approximate surface area is 185 Å². The van der Waals surface area contributed by atoms with Gasteiger partial charge in [-0.1, -0.05) is 60.1 Å². The minimum absolute atomic E-state index is 0.125. The van der Waals surface area contributed by atoms with Gasteiger partial charge in [-0.15, -0.1) is 0 Å². The number of hydrogen-bond acceptors (Lipinski definition) is 2. The molecule has 0 atom stereocenters. The molecule has 0 bridgehead atoms. The van der Waals surface area contributed by atoms with Gasteiger partial charge < -0.3 is 14.6 Å². The monoisotopic (exact) mass is 428 g/mol. The number of halogens is 1. The third kappa shape index (κ3) is 3.29. The van der Waals surface area contributed by atoms with E-state index in [4.69, 9.17) is 16.3 Å². The van der Waals surface area contributed by atoms with Crippen LogP contribution in [0.4, 0.5) is 5.69 Å². The number of hydrogen-bond donors (Lipinski definition) is 1. The highest BCUT2D eigenvalue weighted by molar-refractivity contribution is 6.38. The molecule has 4 nitrogen and oxygen atoms in total. The second-order valence-corrected chi connectivity index (χ2v) is 8.03. The Balaban J connectivity index is 1.75. The second kappa shape index (κ2) is 7.64. The largest absolute Gasteiger partial charge is 0.496 e. The number of benzene rings is 3. The summed E-state index contributed by atoms with van der Waals surface area (Å²) in [6.07, 6.45) is 1.89. The highest BCUT2D eigenvalue weighted by Gasteiger charge is 2.25. The number of para-hydroxylation sites is 1. The first-order valence-electron chi connectivity index (χ1n) is 10.1. The molecular formula is C26H21ClN2O2. The Bertz CT molecular complexity index is 1350. The summed E-state index contributed by atoms with van der Waals surface area (Å²) in [5.74, 6) is 0.664. The van der Waals surface area contributed by atoms with E-state index in [-0.39, 0.29) is 5.91 Å². The van der Waals surface area contributed by atoms with Gasteiger partial charge in [0.25, 0.3) is 5.91 Å². The molecule has 0 saturated heterocycles. The molecule has 154 valence electrons. The number of carbonyl (C=O) groups is 1. The van der Waals surface area contributed by atoms with E-state index in [0.29, 0.717) is 17.3 Å². The number of rotatable bonds is 4. The van der Waals surface area contributed by atoms with E-state index in [9.17, 15) is 4.79 Å². The highest BCUT2D eigenvalue weighted by Crippen LogP contribution is 2.39. The van der Waals surface area contributed by atoms with E-state index < -0.39 is 0 Å². The Kier molecular flexibility index (Phi) is 4.79. The van der Waals surface area contributed by atoms with Gasteiger partial charge in [0.1, 0.15) is 10.9 Å². The van der Waals surface area contributed by atoms with Gasteiger partial charge in [-0.3, -0.25) is 4.79 Å². The van der Waals surface area contributed by atoms with Crippen molar-refractivity contribution >= 4 is 45.7 Å². The molecule has 0 fully saturated rings. The third-order valence-electron chi connectivity index (χ3n) is 5.74. The number of aryl methyl sites for hydroxylation is 1. The average Bonchev–Trinajstić information content (AvgIpc) is 3.23. The maximum absolute atomic E-state index is 12.7. The average molecular weight is 429 g/mol. The van der Waals surface area contributed by atoms with Crippen LogP contribution in [0.2, 0.25) is 5.15 Å². The smallest absolute Gasteiger partial charge is 0.256 e. The van der Waals surface area contributed by atoms with E-state index in [1.807, 2.05) is 61.5 Å². The van der Waals surface area contributed by atoms with Crippen LogP contribution in [-0.4, -0.2) is 17.6 Å². The lowest BCUT2D eigenvalue weighted by Gasteiger charge is -2.09. The predicted octanol–water partition coefficient (Wildman–Crippen LogP) is 6.15. The topological polar surface area (TPSA) is 43.3 Å². The number of nitrogens with zero attached hydrogens (tertiary/aromatic N) is 1. The number of aromatic nitrogens is 1. The van der Waals surface area contributed by atoms with Gasteiger partial charge in [-0.25, -0.2) is 0 Å². The van der Waals surface area contributed by atoms with Gasteiger partial charge in [-0.2, -0.15) is 0 Å². The molecule has 2 heterocycles. The predicted molar refractivity (Wildman–Crippen MR) is 127 cm³/mol. The minimum atomic E-state index is -0.125. The number of anilines is 1. The number of amides is 1. The van der Waals surface area contributed by atoms with E-state index in [1.54, 1.807) is 7.11 Å². The van der Waals surface area contributed by atoms with Crippen molar-refractivity contribution in [1.82, 2.24) is 4.57 Å². The van der Waals surface area contributed by atoms with Crippen LogP contribution in [0.5, 0.6) is 5.75 Å². The SMILES string of the molecule is COc1cc2c(/C=C3/C(=O)Nc4ccccc43)c(Cl)n(Cc3ccccc3)c2cc1C. The summed E-state index contributed by atoms with van der Waals surface area (Å²) in [5, 5.41) is 4.48. The molecule has 5 rings (SSSR count). The van der Waals surface area contributed by atoms with Crippen molar-refractivity contribution < 1.29 is 9.53 Å². The Morgan fingerprint density at radius 1 is 1.06 bits per heavy atom. The number of nitrogens with one attached hydrogen (secondary N) is 1. The molecule has 0 aliphatic carbocycles. The van der Waals surface area contributed by atoms with E-state index in [2.05, 4.69) is 28.1 Å². The van der Waals surface area contributed by atoms with Crippen LogP contribution in [0.3, 0.4) is 0 Å². The van der Waals surface area contributed by atoms with Crippen molar-refractivity contribution in [3.63, 3.8) is 0 Å². The lowest BCUT2D eigenvalue weighted by atomic mass is 10.0. The summed E-state index contributed by atoms with van der Waals surface area (Å²) in [7, 11) is 1.66. The number of methoxy groups -OCH3 is 1. The fourth-order valence-electron chi connectivity index (χ4n) is 4.18. The first-order chi connectivity index (χ1) is 15.1. The van der Waals surface area contributed by atoms with Crippen molar-refractivity contribution in [1.29, 1.82) is 0 Å². The molecule has 1 aliphatic rings. The quantitative estimate of drug-likeness (QED) is 0.396. The molecule has 0 unspecified atom stereocenters. The molecule has 5 heteroatoms. The summed E-state index contributed by atoms with van der Waals surface area (Å²) >= 11 is 6.95. The first-order valence-corrected chi connectivity index (χ1v) is 10.5. The molecular weight excluding hydrogens is 408 g/mol. The molecule has 1 amide bonds. The highest BCUT2D eigenvalue weighted by atomic mass is 35.5. The number of fused-ring (bicyclic) bond motifs is 2. The maximum Gasteiger partial charge on any atom is 0.256 e. The van der Waals surface area contributed by atoms with Crippen LogP contribution in [-0.2, 0) is 11.3 Å². The van der Waals surface area contributed by atoms with Crippen molar-refractivity contribution in [3.8, 4) is 5.75 Å². The number of ether oxygens (including phenoxy) is 1. The first kappa shape index (κ1) is 19.5. The van der Waals surface area contributed by atoms with Crippen molar-refractivity contribution in [2.24, 2.45) is 0 Å². The number of carbonyl (C=O) groups excluding carboxylic acids is 1. The lowest BCUT2D eigenvalue weighted by molar-refractivity contribution is -0.110. The van der Waals surface area contributed by atoms with Gasteiger partial charge in [0.15, 0.2) is 0 Å². The second-order valence-electron chi connectivity index (χ2n) is 7.67. The zero-order chi connectivity index (χ0) is 21.5. The molecule has 3 aromatic carbocycles. The van der Waals surface area contributed by atoms with Crippen molar-refractivity contribution in [2.75, 3.05) is 12.4 Å². The molecule has 1 N–H and O–H groups in total. The van der Waals surface area contributed by atoms with Gasteiger partial charge >= 0.3 is 0 Å². The van der Waals surface area contributed by atoms with Crippen LogP contribution < -0.4 is 10.1 Å². The van der Waals surface area contributed by atoms with E-state index in [1.165, 1.54) is 0 Å². The molecule has 31 heavy (non-hydrogen) atoms. The minimum Gasteiger partial charge on any atom is -0.496 e. The van der Waals surface area contributed by atoms with Crippen molar-refractivity contribution in [2.45, 2.75) is 13.5 Å². The fraction of sp³-hybridized carbons (Fsp3) is 0.115. The summed E-state index contributed by atoms with van der Waals surface area (Å²) in [6.45, 7) is 2.65. The van der Waals surface area contributed by atoms with E-state index >= 15 is 0 Å². The van der Waals surface area contributed by atoms with Crippen LogP contribution in [0, 0.1) is 6.92 Å². The summed E-state index contributed by atoms with van der Waals surface area (Å²) in [6, 6.07) is 22.0. The van der Waals surface area contributed by atoms with Crippen LogP contribution >= 0.6 is 11.6 Å². The normalized spacial score (nSPS) is 14.2. The van der Waals surface area contributed by atoms with Gasteiger partial charge in [-0.05, 0) is 42.3 Å². The molecule has 0 saturated carbocycles. The van der Waals surface area contributed by atoms with Gasteiger partial charge in [0.05, 0.1) is 12.6 Å². The standard InChI is InChI=1S/C26H21ClN2O2/c1-16-12-23-19(14-24(16)31-2)20(25(27)29(23)15-17-8-4-3-5-9-17)13-21-18-10-6-7-11-22(18)28-26(21)30/h3-14H,15H2,1-2H3,(H,28,30)/b21-13+. The molecule has 1 aliphatic heterocycles. The summed E-state index contributed by atoms with van der Waals surface area (Å²) in [5.41, 5.74) is 6.30.